The van der Waals surface area contributed by atoms with Crippen molar-refractivity contribution in [2.75, 3.05) is 13.7 Å². The van der Waals surface area contributed by atoms with Crippen molar-refractivity contribution in [1.29, 1.82) is 0 Å². The first-order chi connectivity index (χ1) is 16.7. The molecule has 4 nitrogen and oxygen atoms in total. The number of ether oxygens (including phenoxy) is 3. The third-order valence-electron chi connectivity index (χ3n) is 6.82. The van der Waals surface area contributed by atoms with Gasteiger partial charge in [0.1, 0.15) is 11.4 Å². The summed E-state index contributed by atoms with van der Waals surface area (Å²) in [4.78, 5) is 0. The van der Waals surface area contributed by atoms with E-state index in [4.69, 9.17) is 18.6 Å². The van der Waals surface area contributed by atoms with Gasteiger partial charge in [0.25, 0.3) is 8.32 Å². The lowest BCUT2D eigenvalue weighted by Crippen LogP contribution is -2.69. The highest BCUT2D eigenvalue weighted by Gasteiger charge is 2.54. The Morgan fingerprint density at radius 3 is 1.94 bits per heavy atom. The van der Waals surface area contributed by atoms with E-state index < -0.39 is 20.2 Å². The van der Waals surface area contributed by atoms with Gasteiger partial charge < -0.3 is 18.6 Å². The molecule has 1 unspecified atom stereocenters. The smallest absolute Gasteiger partial charge is 0.262 e. The molecule has 0 N–H and O–H groups in total. The molecular formula is C30H36O4Si. The second kappa shape index (κ2) is 10.1. The van der Waals surface area contributed by atoms with Crippen LogP contribution in [0.15, 0.2) is 97.6 Å². The molecule has 0 amide bonds. The molecule has 1 saturated heterocycles. The van der Waals surface area contributed by atoms with Crippen LogP contribution >= 0.6 is 0 Å². The molecule has 1 aliphatic heterocycles. The van der Waals surface area contributed by atoms with Gasteiger partial charge in [0, 0.05) is 5.56 Å². The predicted octanol–water partition coefficient (Wildman–Crippen LogP) is 5.63. The topological polar surface area (TPSA) is 36.9 Å². The average molecular weight is 489 g/mol. The van der Waals surface area contributed by atoms with Crippen LogP contribution in [0, 0.1) is 0 Å². The molecule has 1 aliphatic rings. The normalized spacial score (nSPS) is 21.5. The van der Waals surface area contributed by atoms with Crippen molar-refractivity contribution in [2.45, 2.75) is 50.7 Å². The Hall–Kier alpha value is -2.70. The molecule has 0 aliphatic carbocycles. The maximum absolute atomic E-state index is 7.33. The van der Waals surface area contributed by atoms with Gasteiger partial charge >= 0.3 is 0 Å². The minimum Gasteiger partial charge on any atom is -0.497 e. The Balaban J connectivity index is 1.72. The molecule has 3 atom stereocenters. The Morgan fingerprint density at radius 1 is 0.943 bits per heavy atom. The van der Waals surface area contributed by atoms with Crippen LogP contribution in [0.5, 0.6) is 5.75 Å². The molecule has 1 heterocycles. The van der Waals surface area contributed by atoms with E-state index in [-0.39, 0.29) is 11.1 Å². The second-order valence-corrected chi connectivity index (χ2v) is 14.5. The van der Waals surface area contributed by atoms with Crippen LogP contribution < -0.4 is 15.1 Å². The third kappa shape index (κ3) is 4.87. The largest absolute Gasteiger partial charge is 0.497 e. The van der Waals surface area contributed by atoms with Gasteiger partial charge in [-0.05, 0) is 34.5 Å². The van der Waals surface area contributed by atoms with Gasteiger partial charge in [-0.25, -0.2) is 0 Å². The number of rotatable bonds is 8. The molecule has 4 rings (SSSR count). The van der Waals surface area contributed by atoms with E-state index in [0.29, 0.717) is 6.61 Å². The quantitative estimate of drug-likeness (QED) is 0.304. The summed E-state index contributed by atoms with van der Waals surface area (Å²) < 4.78 is 25.3. The van der Waals surface area contributed by atoms with Crippen molar-refractivity contribution in [3.05, 3.63) is 103 Å². The van der Waals surface area contributed by atoms with Crippen LogP contribution in [0.4, 0.5) is 0 Å². The van der Waals surface area contributed by atoms with Crippen LogP contribution in [-0.2, 0) is 13.9 Å². The van der Waals surface area contributed by atoms with E-state index in [0.717, 1.165) is 11.3 Å². The molecule has 0 bridgehead atoms. The Bertz CT molecular complexity index is 1070. The molecule has 184 valence electrons. The first-order valence-corrected chi connectivity index (χ1v) is 14.0. The van der Waals surface area contributed by atoms with Crippen molar-refractivity contribution in [2.24, 2.45) is 0 Å². The summed E-state index contributed by atoms with van der Waals surface area (Å²) in [7, 11) is -1.13. The molecule has 3 aromatic carbocycles. The van der Waals surface area contributed by atoms with E-state index in [9.17, 15) is 0 Å². The van der Waals surface area contributed by atoms with Crippen molar-refractivity contribution in [3.8, 4) is 5.75 Å². The summed E-state index contributed by atoms with van der Waals surface area (Å²) in [6.45, 7) is 13.4. The lowest BCUT2D eigenvalue weighted by molar-refractivity contribution is -0.112. The van der Waals surface area contributed by atoms with Crippen LogP contribution in [0.2, 0.25) is 5.04 Å². The predicted molar refractivity (Wildman–Crippen MR) is 144 cm³/mol. The third-order valence-corrected chi connectivity index (χ3v) is 11.8. The first-order valence-electron chi connectivity index (χ1n) is 12.1. The van der Waals surface area contributed by atoms with Crippen LogP contribution in [0.1, 0.15) is 39.5 Å². The average Bonchev–Trinajstić information content (AvgIpc) is 3.28. The zero-order valence-electron chi connectivity index (χ0n) is 21.4. The zero-order valence-corrected chi connectivity index (χ0v) is 22.4. The van der Waals surface area contributed by atoms with Gasteiger partial charge in [-0.1, -0.05) is 99.6 Å². The number of hydrogen-bond donors (Lipinski definition) is 0. The summed E-state index contributed by atoms with van der Waals surface area (Å²) in [5, 5.41) is 2.29. The summed E-state index contributed by atoms with van der Waals surface area (Å²) >= 11 is 0. The maximum atomic E-state index is 7.33. The second-order valence-electron chi connectivity index (χ2n) is 10.3. The number of hydrogen-bond acceptors (Lipinski definition) is 4. The van der Waals surface area contributed by atoms with Gasteiger partial charge in [0.15, 0.2) is 6.29 Å². The summed E-state index contributed by atoms with van der Waals surface area (Å²) in [6, 6.07) is 29.0. The van der Waals surface area contributed by atoms with Gasteiger partial charge in [0.05, 0.1) is 19.8 Å². The van der Waals surface area contributed by atoms with Crippen LogP contribution in [0.3, 0.4) is 0 Å². The standard InChI is InChI=1S/C30H36O4Si/c1-7-27(30(5)22-32-28(33-30)23-18-20-24(31-6)21-19-23)34-35(29(2,3)4,25-14-10-8-11-15-25)26-16-12-9-13-17-26/h7-21,27-28H,1,22H2,2-6H3/t27-,28?,30-/m1/s1. The maximum Gasteiger partial charge on any atom is 0.262 e. The zero-order chi connectivity index (χ0) is 25.1. The minimum absolute atomic E-state index is 0.151. The molecule has 0 aromatic heterocycles. The molecule has 1 fully saturated rings. The molecule has 3 aromatic rings. The minimum atomic E-state index is -2.78. The molecule has 5 heteroatoms. The van der Waals surface area contributed by atoms with Gasteiger partial charge in [-0.15, -0.1) is 6.58 Å². The van der Waals surface area contributed by atoms with E-state index in [1.165, 1.54) is 10.4 Å². The van der Waals surface area contributed by atoms with Gasteiger partial charge in [-0.3, -0.25) is 0 Å². The lowest BCUT2D eigenvalue weighted by atomic mass is 10.0. The summed E-state index contributed by atoms with van der Waals surface area (Å²) in [5.41, 5.74) is 0.252. The van der Waals surface area contributed by atoms with Gasteiger partial charge in [-0.2, -0.15) is 0 Å². The monoisotopic (exact) mass is 488 g/mol. The van der Waals surface area contributed by atoms with E-state index >= 15 is 0 Å². The Labute approximate surface area is 210 Å². The van der Waals surface area contributed by atoms with Crippen LogP contribution in [0.25, 0.3) is 0 Å². The van der Waals surface area contributed by atoms with Crippen molar-refractivity contribution in [3.63, 3.8) is 0 Å². The SMILES string of the molecule is C=C[C@@H](O[Si](c1ccccc1)(c1ccccc1)C(C)(C)C)[C@@]1(C)COC(c2ccc(OC)cc2)O1. The molecule has 0 spiro atoms. The van der Waals surface area contributed by atoms with E-state index in [2.05, 4.69) is 94.9 Å². The fourth-order valence-corrected chi connectivity index (χ4v) is 9.67. The van der Waals surface area contributed by atoms with Crippen molar-refractivity contribution >= 4 is 18.7 Å². The van der Waals surface area contributed by atoms with Gasteiger partial charge in [0.2, 0.25) is 0 Å². The molecule has 0 radical (unpaired) electrons. The first kappa shape index (κ1) is 25.4. The molecular weight excluding hydrogens is 452 g/mol. The Morgan fingerprint density at radius 2 is 1.49 bits per heavy atom. The summed E-state index contributed by atoms with van der Waals surface area (Å²) in [5.74, 6) is 0.800. The molecule has 35 heavy (non-hydrogen) atoms. The molecule has 0 saturated carbocycles. The highest BCUT2D eigenvalue weighted by Crippen LogP contribution is 2.42. The lowest BCUT2D eigenvalue weighted by Gasteiger charge is -2.47. The fraction of sp³-hybridized carbons (Fsp3) is 0.333. The Kier molecular flexibility index (Phi) is 7.34. The highest BCUT2D eigenvalue weighted by molar-refractivity contribution is 6.99. The highest BCUT2D eigenvalue weighted by atomic mass is 28.4. The van der Waals surface area contributed by atoms with Crippen molar-refractivity contribution < 1.29 is 18.6 Å². The van der Waals surface area contributed by atoms with Crippen LogP contribution in [-0.4, -0.2) is 33.7 Å². The summed E-state index contributed by atoms with van der Waals surface area (Å²) in [6.07, 6.45) is 1.02. The van der Waals surface area contributed by atoms with Crippen molar-refractivity contribution in [1.82, 2.24) is 0 Å². The fourth-order valence-electron chi connectivity index (χ4n) is 4.93. The number of methoxy groups -OCH3 is 1. The van der Waals surface area contributed by atoms with E-state index in [1.54, 1.807) is 7.11 Å². The number of benzene rings is 3. The van der Waals surface area contributed by atoms with E-state index in [1.807, 2.05) is 30.3 Å².